The lowest BCUT2D eigenvalue weighted by Crippen LogP contribution is -2.41. The molecule has 0 bridgehead atoms. The van der Waals surface area contributed by atoms with E-state index in [2.05, 4.69) is 12.0 Å². The number of sulfonamides is 1. The fraction of sp³-hybridized carbons (Fsp3) is 0.750. The highest BCUT2D eigenvalue weighted by molar-refractivity contribution is 8.00. The molecule has 1 unspecified atom stereocenters. The molecule has 0 spiro atoms. The number of aromatic nitrogens is 2. The van der Waals surface area contributed by atoms with Gasteiger partial charge in [0.05, 0.1) is 0 Å². The van der Waals surface area contributed by atoms with Crippen molar-refractivity contribution >= 4 is 27.6 Å². The molecule has 1 aromatic rings. The molecule has 0 aromatic carbocycles. The molecule has 0 saturated carbocycles. The zero-order valence-electron chi connectivity index (χ0n) is 11.9. The van der Waals surface area contributed by atoms with Gasteiger partial charge in [-0.25, -0.2) is 8.42 Å². The second-order valence-electron chi connectivity index (χ2n) is 4.91. The second-order valence-corrected chi connectivity index (χ2v) is 8.22. The van der Waals surface area contributed by atoms with Crippen LogP contribution in [-0.4, -0.2) is 46.6 Å². The van der Waals surface area contributed by atoms with Crippen LogP contribution in [0.4, 0.5) is 5.82 Å². The van der Waals surface area contributed by atoms with E-state index in [-0.39, 0.29) is 10.7 Å². The molecule has 8 heteroatoms. The van der Waals surface area contributed by atoms with Gasteiger partial charge in [0.25, 0.3) is 0 Å². The number of anilines is 1. The molecular formula is C12H22N4O2S2. The van der Waals surface area contributed by atoms with Crippen molar-refractivity contribution in [2.75, 3.05) is 24.6 Å². The first-order chi connectivity index (χ1) is 9.48. The Hall–Kier alpha value is -0.730. The van der Waals surface area contributed by atoms with Crippen molar-refractivity contribution < 1.29 is 8.42 Å². The van der Waals surface area contributed by atoms with E-state index in [4.69, 9.17) is 5.73 Å². The third kappa shape index (κ3) is 3.12. The van der Waals surface area contributed by atoms with Gasteiger partial charge in [-0.3, -0.25) is 4.68 Å². The summed E-state index contributed by atoms with van der Waals surface area (Å²) in [5.41, 5.74) is 5.79. The molecule has 0 aliphatic carbocycles. The van der Waals surface area contributed by atoms with Crippen molar-refractivity contribution in [1.29, 1.82) is 0 Å². The van der Waals surface area contributed by atoms with Crippen LogP contribution >= 0.6 is 11.8 Å². The Labute approximate surface area is 124 Å². The SMILES string of the molecule is CCCn1cc(S(=O)(=O)N2CCSC(CC)C2)c(N)n1. The number of rotatable bonds is 5. The molecule has 6 nitrogen and oxygen atoms in total. The van der Waals surface area contributed by atoms with Crippen LogP contribution in [0, 0.1) is 0 Å². The van der Waals surface area contributed by atoms with Crippen LogP contribution in [0.1, 0.15) is 26.7 Å². The number of nitrogen functional groups attached to an aromatic ring is 1. The predicted octanol–water partition coefficient (Wildman–Crippen LogP) is 1.39. The summed E-state index contributed by atoms with van der Waals surface area (Å²) in [4.78, 5) is 0.146. The molecule has 0 amide bonds. The maximum absolute atomic E-state index is 12.7. The maximum atomic E-state index is 12.7. The van der Waals surface area contributed by atoms with Gasteiger partial charge >= 0.3 is 0 Å². The molecule has 1 saturated heterocycles. The van der Waals surface area contributed by atoms with Gasteiger partial charge in [0.15, 0.2) is 5.82 Å². The molecule has 1 fully saturated rings. The molecule has 1 atom stereocenters. The highest BCUT2D eigenvalue weighted by Gasteiger charge is 2.32. The molecule has 2 N–H and O–H groups in total. The second kappa shape index (κ2) is 6.36. The Morgan fingerprint density at radius 2 is 2.25 bits per heavy atom. The maximum Gasteiger partial charge on any atom is 0.248 e. The van der Waals surface area contributed by atoms with Crippen LogP contribution in [0.25, 0.3) is 0 Å². The van der Waals surface area contributed by atoms with Gasteiger partial charge in [0.1, 0.15) is 4.90 Å². The quantitative estimate of drug-likeness (QED) is 0.887. The van der Waals surface area contributed by atoms with Gasteiger partial charge in [-0.2, -0.15) is 21.2 Å². The summed E-state index contributed by atoms with van der Waals surface area (Å²) in [6.07, 6.45) is 3.41. The van der Waals surface area contributed by atoms with Crippen molar-refractivity contribution in [3.63, 3.8) is 0 Å². The van der Waals surface area contributed by atoms with E-state index in [1.165, 1.54) is 0 Å². The van der Waals surface area contributed by atoms with E-state index in [1.54, 1.807) is 15.2 Å². The number of nitrogens with zero attached hydrogens (tertiary/aromatic N) is 3. The molecule has 1 aromatic heterocycles. The third-order valence-electron chi connectivity index (χ3n) is 3.38. The molecule has 1 aliphatic heterocycles. The summed E-state index contributed by atoms with van der Waals surface area (Å²) in [5, 5.41) is 4.45. The Kier molecular flexibility index (Phi) is 4.98. The van der Waals surface area contributed by atoms with Crippen molar-refractivity contribution in [1.82, 2.24) is 14.1 Å². The van der Waals surface area contributed by atoms with Gasteiger partial charge in [-0.15, -0.1) is 0 Å². The third-order valence-corrected chi connectivity index (χ3v) is 6.64. The van der Waals surface area contributed by atoms with Gasteiger partial charge in [-0.1, -0.05) is 13.8 Å². The van der Waals surface area contributed by atoms with E-state index in [0.717, 1.165) is 18.6 Å². The van der Waals surface area contributed by atoms with Crippen LogP contribution in [0.5, 0.6) is 0 Å². The lowest BCUT2D eigenvalue weighted by Gasteiger charge is -2.30. The fourth-order valence-electron chi connectivity index (χ4n) is 2.26. The molecular weight excluding hydrogens is 296 g/mol. The van der Waals surface area contributed by atoms with Crippen LogP contribution in [-0.2, 0) is 16.6 Å². The van der Waals surface area contributed by atoms with Crippen LogP contribution in [0.2, 0.25) is 0 Å². The summed E-state index contributed by atoms with van der Waals surface area (Å²) < 4.78 is 28.5. The van der Waals surface area contributed by atoms with Crippen LogP contribution in [0.3, 0.4) is 0 Å². The Morgan fingerprint density at radius 3 is 2.90 bits per heavy atom. The average Bonchev–Trinajstić information content (AvgIpc) is 2.81. The minimum Gasteiger partial charge on any atom is -0.381 e. The average molecular weight is 318 g/mol. The lowest BCUT2D eigenvalue weighted by molar-refractivity contribution is 0.416. The summed E-state index contributed by atoms with van der Waals surface area (Å²) in [6.45, 7) is 5.87. The van der Waals surface area contributed by atoms with E-state index >= 15 is 0 Å². The highest BCUT2D eigenvalue weighted by Crippen LogP contribution is 2.28. The van der Waals surface area contributed by atoms with Crippen LogP contribution in [0.15, 0.2) is 11.1 Å². The minimum absolute atomic E-state index is 0.102. The molecule has 0 radical (unpaired) electrons. The van der Waals surface area contributed by atoms with Crippen molar-refractivity contribution in [3.8, 4) is 0 Å². The van der Waals surface area contributed by atoms with E-state index in [1.807, 2.05) is 18.7 Å². The zero-order chi connectivity index (χ0) is 14.8. The highest BCUT2D eigenvalue weighted by atomic mass is 32.2. The molecule has 2 heterocycles. The summed E-state index contributed by atoms with van der Waals surface area (Å²) in [7, 11) is -3.52. The minimum atomic E-state index is -3.52. The van der Waals surface area contributed by atoms with E-state index in [9.17, 15) is 8.42 Å². The summed E-state index contributed by atoms with van der Waals surface area (Å²) in [5.74, 6) is 0.936. The predicted molar refractivity (Wildman–Crippen MR) is 82.2 cm³/mol. The standard InChI is InChI=1S/C12H22N4O2S2/c1-3-5-15-9-11(12(13)14-15)20(17,18)16-6-7-19-10(4-2)8-16/h9-10H,3-8H2,1-2H3,(H2,13,14). The van der Waals surface area contributed by atoms with Crippen molar-refractivity contribution in [3.05, 3.63) is 6.20 Å². The Balaban J connectivity index is 2.25. The first-order valence-corrected chi connectivity index (χ1v) is 9.42. The first kappa shape index (κ1) is 15.7. The molecule has 1 aliphatic rings. The normalized spacial score (nSPS) is 21.2. The Morgan fingerprint density at radius 1 is 1.50 bits per heavy atom. The number of hydrogen-bond donors (Lipinski definition) is 1. The largest absolute Gasteiger partial charge is 0.381 e. The van der Waals surface area contributed by atoms with Gasteiger partial charge < -0.3 is 5.73 Å². The summed E-state index contributed by atoms with van der Waals surface area (Å²) in [6, 6.07) is 0. The van der Waals surface area contributed by atoms with Crippen molar-refractivity contribution in [2.24, 2.45) is 0 Å². The number of thioether (sulfide) groups is 1. The topological polar surface area (TPSA) is 81.2 Å². The van der Waals surface area contributed by atoms with E-state index in [0.29, 0.717) is 24.9 Å². The fourth-order valence-corrected chi connectivity index (χ4v) is 5.19. The monoisotopic (exact) mass is 318 g/mol. The molecule has 20 heavy (non-hydrogen) atoms. The van der Waals surface area contributed by atoms with Gasteiger partial charge in [-0.05, 0) is 12.8 Å². The molecule has 2 rings (SSSR count). The smallest absolute Gasteiger partial charge is 0.248 e. The van der Waals surface area contributed by atoms with E-state index < -0.39 is 10.0 Å². The Bertz CT molecular complexity index is 556. The zero-order valence-corrected chi connectivity index (χ0v) is 13.6. The lowest BCUT2D eigenvalue weighted by atomic mass is 10.3. The van der Waals surface area contributed by atoms with Gasteiger partial charge in [0, 0.05) is 36.8 Å². The number of hydrogen-bond acceptors (Lipinski definition) is 5. The number of aryl methyl sites for hydroxylation is 1. The first-order valence-electron chi connectivity index (χ1n) is 6.93. The van der Waals surface area contributed by atoms with Gasteiger partial charge in [0.2, 0.25) is 10.0 Å². The molecule has 114 valence electrons. The van der Waals surface area contributed by atoms with Crippen LogP contribution < -0.4 is 5.73 Å². The summed E-state index contributed by atoms with van der Waals surface area (Å²) >= 11 is 1.84. The number of nitrogens with two attached hydrogens (primary N) is 1. The van der Waals surface area contributed by atoms with Crippen molar-refractivity contribution in [2.45, 2.75) is 43.4 Å².